The molecule has 0 atom stereocenters. The van der Waals surface area contributed by atoms with E-state index in [1.165, 1.54) is 18.9 Å². The van der Waals surface area contributed by atoms with Gasteiger partial charge in [0.1, 0.15) is 4.21 Å². The Morgan fingerprint density at radius 1 is 1.39 bits per heavy atom. The van der Waals surface area contributed by atoms with Gasteiger partial charge < -0.3 is 10.0 Å². The molecule has 1 aromatic heterocycles. The Hall–Kier alpha value is -0.470. The monoisotopic (exact) mass is 290 g/mol. The van der Waals surface area contributed by atoms with E-state index in [0.29, 0.717) is 12.1 Å². The second-order valence-corrected chi connectivity index (χ2v) is 7.28. The first-order chi connectivity index (χ1) is 8.62. The van der Waals surface area contributed by atoms with Gasteiger partial charge in [0.2, 0.25) is 10.0 Å². The lowest BCUT2D eigenvalue weighted by molar-refractivity contribution is 0.282. The van der Waals surface area contributed by atoms with Gasteiger partial charge in [0.15, 0.2) is 0 Å². The highest BCUT2D eigenvalue weighted by atomic mass is 32.2. The van der Waals surface area contributed by atoms with Crippen molar-refractivity contribution < 1.29 is 13.5 Å². The first kappa shape index (κ1) is 14.0. The van der Waals surface area contributed by atoms with Crippen molar-refractivity contribution in [2.75, 3.05) is 26.2 Å². The third-order valence-corrected chi connectivity index (χ3v) is 5.95. The molecule has 2 rings (SSSR count). The van der Waals surface area contributed by atoms with Gasteiger partial charge in [-0.15, -0.1) is 11.3 Å². The maximum Gasteiger partial charge on any atom is 0.250 e. The van der Waals surface area contributed by atoms with Crippen molar-refractivity contribution in [1.29, 1.82) is 0 Å². The summed E-state index contributed by atoms with van der Waals surface area (Å²) in [6.45, 7) is 3.21. The van der Waals surface area contributed by atoms with Crippen molar-refractivity contribution in [3.63, 3.8) is 0 Å². The van der Waals surface area contributed by atoms with E-state index in [0.717, 1.165) is 31.0 Å². The molecule has 0 radical (unpaired) electrons. The smallest absolute Gasteiger partial charge is 0.250 e. The Balaban J connectivity index is 1.86. The van der Waals surface area contributed by atoms with Crippen molar-refractivity contribution in [2.24, 2.45) is 0 Å². The summed E-state index contributed by atoms with van der Waals surface area (Å²) in [7, 11) is -3.41. The summed E-state index contributed by atoms with van der Waals surface area (Å²) in [6, 6.07) is 1.52. The van der Waals surface area contributed by atoms with E-state index in [9.17, 15) is 8.42 Å². The fraction of sp³-hybridized carbons (Fsp3) is 0.636. The number of sulfonamides is 1. The molecular weight excluding hydrogens is 272 g/mol. The average molecular weight is 290 g/mol. The summed E-state index contributed by atoms with van der Waals surface area (Å²) in [6.07, 6.45) is 2.41. The summed E-state index contributed by atoms with van der Waals surface area (Å²) in [5.74, 6) is 0. The van der Waals surface area contributed by atoms with Crippen molar-refractivity contribution >= 4 is 21.4 Å². The molecule has 0 bridgehead atoms. The summed E-state index contributed by atoms with van der Waals surface area (Å²) in [4.78, 5) is 2.26. The fourth-order valence-corrected chi connectivity index (χ4v) is 4.26. The Morgan fingerprint density at radius 3 is 2.72 bits per heavy atom. The Morgan fingerprint density at radius 2 is 2.11 bits per heavy atom. The van der Waals surface area contributed by atoms with Gasteiger partial charge in [-0.05, 0) is 42.9 Å². The van der Waals surface area contributed by atoms with E-state index in [1.54, 1.807) is 5.38 Å². The fourth-order valence-electron chi connectivity index (χ4n) is 1.99. The quantitative estimate of drug-likeness (QED) is 0.805. The van der Waals surface area contributed by atoms with Gasteiger partial charge in [-0.25, -0.2) is 13.1 Å². The van der Waals surface area contributed by atoms with Crippen molar-refractivity contribution in [3.05, 3.63) is 17.0 Å². The normalized spacial score (nSPS) is 17.4. The van der Waals surface area contributed by atoms with Crippen LogP contribution < -0.4 is 4.72 Å². The van der Waals surface area contributed by atoms with Crippen LogP contribution in [0, 0.1) is 0 Å². The molecule has 0 aliphatic carbocycles. The summed E-state index contributed by atoms with van der Waals surface area (Å²) in [5, 5.41) is 10.6. The van der Waals surface area contributed by atoms with Crippen LogP contribution in [0.3, 0.4) is 0 Å². The standard InChI is InChI=1S/C11H18N2O3S2/c14-8-10-7-11(17-9-10)18(15,16)12-3-6-13-4-1-2-5-13/h7,9,12,14H,1-6,8H2. The number of nitrogens with zero attached hydrogens (tertiary/aromatic N) is 1. The van der Waals surface area contributed by atoms with Crippen LogP contribution in [0.2, 0.25) is 0 Å². The number of rotatable bonds is 6. The lowest BCUT2D eigenvalue weighted by atomic mass is 10.4. The van der Waals surface area contributed by atoms with Crippen LogP contribution in [-0.4, -0.2) is 44.6 Å². The largest absolute Gasteiger partial charge is 0.392 e. The molecule has 1 fully saturated rings. The molecule has 0 amide bonds. The Kier molecular flexibility index (Phi) is 4.74. The zero-order valence-electron chi connectivity index (χ0n) is 10.1. The second-order valence-electron chi connectivity index (χ2n) is 4.38. The number of aliphatic hydroxyl groups is 1. The maximum absolute atomic E-state index is 11.9. The predicted molar refractivity (Wildman–Crippen MR) is 71.1 cm³/mol. The second kappa shape index (κ2) is 6.12. The van der Waals surface area contributed by atoms with Gasteiger partial charge in [0.25, 0.3) is 0 Å². The van der Waals surface area contributed by atoms with Gasteiger partial charge in [0.05, 0.1) is 6.61 Å². The summed E-state index contributed by atoms with van der Waals surface area (Å²) >= 11 is 1.14. The van der Waals surface area contributed by atoms with Crippen LogP contribution in [0.5, 0.6) is 0 Å². The highest BCUT2D eigenvalue weighted by Gasteiger charge is 2.17. The SMILES string of the molecule is O=S(=O)(NCCN1CCCC1)c1cc(CO)cs1. The van der Waals surface area contributed by atoms with Gasteiger partial charge in [-0.1, -0.05) is 0 Å². The first-order valence-electron chi connectivity index (χ1n) is 6.02. The van der Waals surface area contributed by atoms with E-state index in [-0.39, 0.29) is 10.8 Å². The van der Waals surface area contributed by atoms with Crippen LogP contribution in [0.4, 0.5) is 0 Å². The predicted octanol–water partition coefficient (Wildman–Crippen LogP) is 0.614. The van der Waals surface area contributed by atoms with E-state index in [2.05, 4.69) is 9.62 Å². The van der Waals surface area contributed by atoms with Gasteiger partial charge in [0, 0.05) is 13.1 Å². The van der Waals surface area contributed by atoms with Gasteiger partial charge in [-0.3, -0.25) is 0 Å². The van der Waals surface area contributed by atoms with Gasteiger partial charge >= 0.3 is 0 Å². The van der Waals surface area contributed by atoms with Crippen molar-refractivity contribution in [3.8, 4) is 0 Å². The van der Waals surface area contributed by atoms with Crippen LogP contribution in [-0.2, 0) is 16.6 Å². The highest BCUT2D eigenvalue weighted by molar-refractivity contribution is 7.91. The molecule has 2 heterocycles. The van der Waals surface area contributed by atoms with Crippen LogP contribution in [0.25, 0.3) is 0 Å². The van der Waals surface area contributed by atoms with Crippen molar-refractivity contribution in [1.82, 2.24) is 9.62 Å². The molecule has 0 spiro atoms. The number of hydrogen-bond acceptors (Lipinski definition) is 5. The minimum atomic E-state index is -3.41. The van der Waals surface area contributed by atoms with E-state index in [4.69, 9.17) is 5.11 Å². The molecule has 1 aromatic rings. The lowest BCUT2D eigenvalue weighted by Crippen LogP contribution is -2.33. The summed E-state index contributed by atoms with van der Waals surface area (Å²) in [5.41, 5.74) is 0.639. The minimum Gasteiger partial charge on any atom is -0.392 e. The molecule has 1 saturated heterocycles. The van der Waals surface area contributed by atoms with E-state index >= 15 is 0 Å². The first-order valence-corrected chi connectivity index (χ1v) is 8.38. The van der Waals surface area contributed by atoms with Crippen molar-refractivity contribution in [2.45, 2.75) is 23.7 Å². The lowest BCUT2D eigenvalue weighted by Gasteiger charge is -2.14. The topological polar surface area (TPSA) is 69.6 Å². The number of thiophene rings is 1. The molecule has 1 aliphatic heterocycles. The van der Waals surface area contributed by atoms with Gasteiger partial charge in [-0.2, -0.15) is 0 Å². The molecule has 18 heavy (non-hydrogen) atoms. The molecule has 102 valence electrons. The zero-order valence-corrected chi connectivity index (χ0v) is 11.8. The van der Waals surface area contributed by atoms with Crippen LogP contribution >= 0.6 is 11.3 Å². The number of hydrogen-bond donors (Lipinski definition) is 2. The number of likely N-dealkylation sites (tertiary alicyclic amines) is 1. The Bertz CT molecular complexity index is 478. The van der Waals surface area contributed by atoms with Crippen LogP contribution in [0.15, 0.2) is 15.7 Å². The molecule has 0 aromatic carbocycles. The average Bonchev–Trinajstić information content (AvgIpc) is 2.99. The third kappa shape index (κ3) is 3.52. The molecular formula is C11H18N2O3S2. The zero-order chi connectivity index (χ0) is 13.0. The molecule has 7 heteroatoms. The number of aliphatic hydroxyl groups excluding tert-OH is 1. The maximum atomic E-state index is 11.9. The van der Waals surface area contributed by atoms with E-state index in [1.807, 2.05) is 0 Å². The summed E-state index contributed by atoms with van der Waals surface area (Å²) < 4.78 is 26.7. The third-order valence-electron chi connectivity index (χ3n) is 3.00. The highest BCUT2D eigenvalue weighted by Crippen LogP contribution is 2.19. The van der Waals surface area contributed by atoms with E-state index < -0.39 is 10.0 Å². The number of nitrogens with one attached hydrogen (secondary N) is 1. The molecule has 1 aliphatic rings. The minimum absolute atomic E-state index is 0.125. The molecule has 0 unspecified atom stereocenters. The van der Waals surface area contributed by atoms with Crippen LogP contribution in [0.1, 0.15) is 18.4 Å². The molecule has 5 nitrogen and oxygen atoms in total. The Labute approximate surface area is 111 Å². The molecule has 0 saturated carbocycles. The molecule has 2 N–H and O–H groups in total.